The molecule has 0 unspecified atom stereocenters. The number of hydrogen-bond acceptors (Lipinski definition) is 5. The van der Waals surface area contributed by atoms with E-state index < -0.39 is 30.1 Å². The zero-order chi connectivity index (χ0) is 18.8. The molecule has 138 valence electrons. The first-order chi connectivity index (χ1) is 12.4. The quantitative estimate of drug-likeness (QED) is 0.673. The Hall–Kier alpha value is -3.02. The molecular weight excluding hydrogens is 360 g/mol. The van der Waals surface area contributed by atoms with Gasteiger partial charge in [-0.05, 0) is 6.07 Å². The molecule has 26 heavy (non-hydrogen) atoms. The number of carbonyl (C=O) groups excluding carboxylic acids is 1. The zero-order valence-electron chi connectivity index (χ0n) is 13.2. The summed E-state index contributed by atoms with van der Waals surface area (Å²) in [4.78, 5) is 15.8. The van der Waals surface area contributed by atoms with E-state index in [0.717, 1.165) is 6.07 Å². The first-order valence-corrected chi connectivity index (χ1v) is 7.18. The molecule has 1 N–H and O–H groups in total. The van der Waals surface area contributed by atoms with Gasteiger partial charge in [0.05, 0.1) is 18.1 Å². The van der Waals surface area contributed by atoms with Crippen molar-refractivity contribution in [2.75, 3.05) is 12.4 Å². The number of nitrogens with zero attached hydrogens (tertiary/aromatic N) is 5. The predicted molar refractivity (Wildman–Crippen MR) is 80.1 cm³/mol. The lowest BCUT2D eigenvalue weighted by Gasteiger charge is -2.06. The lowest BCUT2D eigenvalue weighted by Crippen LogP contribution is -2.12. The summed E-state index contributed by atoms with van der Waals surface area (Å²) in [5, 5.41) is 10.1. The van der Waals surface area contributed by atoms with Crippen LogP contribution in [0.3, 0.4) is 0 Å². The van der Waals surface area contributed by atoms with Gasteiger partial charge in [0.2, 0.25) is 0 Å². The third kappa shape index (κ3) is 3.49. The highest BCUT2D eigenvalue weighted by Crippen LogP contribution is 2.25. The van der Waals surface area contributed by atoms with Crippen LogP contribution in [0, 0.1) is 0 Å². The van der Waals surface area contributed by atoms with Crippen LogP contribution >= 0.6 is 0 Å². The van der Waals surface area contributed by atoms with Crippen LogP contribution in [0.15, 0.2) is 24.5 Å². The third-order valence-corrected chi connectivity index (χ3v) is 3.31. The molecule has 0 bridgehead atoms. The molecule has 3 aromatic rings. The lowest BCUT2D eigenvalue weighted by atomic mass is 10.3. The lowest BCUT2D eigenvalue weighted by molar-refractivity contribution is 0.102. The maximum atomic E-state index is 13.1. The maximum Gasteiger partial charge on any atom is 0.280 e. The fraction of sp³-hybridized carbons (Fsp3) is 0.286. The molecule has 0 aromatic carbocycles. The highest BCUT2D eigenvalue weighted by atomic mass is 19.3. The standard InChI is InChI=1S/C14H12F4N6O2/c1-26-6-23-5-7(4-19-23)20-14(25)9-3-11-21-8(12(15)16)2-10(13(17)18)24(11)22-9/h2-5,12-13H,6H2,1H3,(H,20,25). The number of amides is 1. The molecule has 0 spiro atoms. The summed E-state index contributed by atoms with van der Waals surface area (Å²) in [6.45, 7) is 0.169. The van der Waals surface area contributed by atoms with Crippen LogP contribution in [0.25, 0.3) is 5.65 Å². The number of rotatable bonds is 6. The van der Waals surface area contributed by atoms with Gasteiger partial charge in [0.15, 0.2) is 11.3 Å². The summed E-state index contributed by atoms with van der Waals surface area (Å²) in [6, 6.07) is 1.61. The van der Waals surface area contributed by atoms with Crippen molar-refractivity contribution >= 4 is 17.2 Å². The van der Waals surface area contributed by atoms with Crippen molar-refractivity contribution in [3.05, 3.63) is 41.6 Å². The van der Waals surface area contributed by atoms with Crippen LogP contribution in [0.4, 0.5) is 23.2 Å². The van der Waals surface area contributed by atoms with Crippen molar-refractivity contribution in [2.24, 2.45) is 0 Å². The summed E-state index contributed by atoms with van der Waals surface area (Å²) < 4.78 is 58.8. The van der Waals surface area contributed by atoms with Crippen molar-refractivity contribution < 1.29 is 27.1 Å². The zero-order valence-corrected chi connectivity index (χ0v) is 13.2. The second kappa shape index (κ2) is 7.07. The van der Waals surface area contributed by atoms with E-state index in [1.165, 1.54) is 24.2 Å². The molecule has 0 fully saturated rings. The Morgan fingerprint density at radius 2 is 2.04 bits per heavy atom. The molecule has 3 heterocycles. The minimum atomic E-state index is -3.07. The topological polar surface area (TPSA) is 86.3 Å². The number of carbonyl (C=O) groups is 1. The second-order valence-electron chi connectivity index (χ2n) is 5.15. The molecule has 0 atom stereocenters. The summed E-state index contributed by atoms with van der Waals surface area (Å²) in [6.07, 6.45) is -3.27. The number of aromatic nitrogens is 5. The Bertz CT molecular complexity index is 939. The SMILES string of the molecule is COCn1cc(NC(=O)c2cc3nc(C(F)F)cc(C(F)F)n3n2)cn1. The molecule has 0 radical (unpaired) electrons. The van der Waals surface area contributed by atoms with E-state index in [-0.39, 0.29) is 18.1 Å². The number of anilines is 1. The van der Waals surface area contributed by atoms with Crippen molar-refractivity contribution in [1.29, 1.82) is 0 Å². The number of methoxy groups -OCH3 is 1. The van der Waals surface area contributed by atoms with Crippen molar-refractivity contribution in [3.63, 3.8) is 0 Å². The highest BCUT2D eigenvalue weighted by molar-refractivity contribution is 6.03. The van der Waals surface area contributed by atoms with Gasteiger partial charge in [-0.15, -0.1) is 0 Å². The van der Waals surface area contributed by atoms with E-state index in [0.29, 0.717) is 16.3 Å². The average molecular weight is 372 g/mol. The van der Waals surface area contributed by atoms with Crippen LogP contribution in [0.5, 0.6) is 0 Å². The number of nitrogens with one attached hydrogen (secondary N) is 1. The maximum absolute atomic E-state index is 13.1. The number of halogens is 4. The van der Waals surface area contributed by atoms with Gasteiger partial charge >= 0.3 is 0 Å². The largest absolute Gasteiger partial charge is 0.362 e. The molecule has 3 rings (SSSR count). The van der Waals surface area contributed by atoms with Gasteiger partial charge in [-0.3, -0.25) is 4.79 Å². The van der Waals surface area contributed by atoms with E-state index in [9.17, 15) is 22.4 Å². The van der Waals surface area contributed by atoms with Gasteiger partial charge < -0.3 is 10.1 Å². The molecule has 0 saturated heterocycles. The molecule has 3 aromatic heterocycles. The fourth-order valence-corrected chi connectivity index (χ4v) is 2.22. The van der Waals surface area contributed by atoms with E-state index in [4.69, 9.17) is 4.74 Å². The van der Waals surface area contributed by atoms with Crippen molar-refractivity contribution in [1.82, 2.24) is 24.4 Å². The summed E-state index contributed by atoms with van der Waals surface area (Å²) in [5.41, 5.74) is -1.82. The van der Waals surface area contributed by atoms with Crippen molar-refractivity contribution in [2.45, 2.75) is 19.6 Å². The van der Waals surface area contributed by atoms with Crippen molar-refractivity contribution in [3.8, 4) is 0 Å². The van der Waals surface area contributed by atoms with Gasteiger partial charge in [0.25, 0.3) is 18.8 Å². The number of ether oxygens (including phenoxy) is 1. The molecule has 0 aliphatic carbocycles. The Kier molecular flexibility index (Phi) is 4.84. The van der Waals surface area contributed by atoms with Crippen LogP contribution in [-0.2, 0) is 11.5 Å². The van der Waals surface area contributed by atoms with E-state index >= 15 is 0 Å². The highest BCUT2D eigenvalue weighted by Gasteiger charge is 2.22. The van der Waals surface area contributed by atoms with Gasteiger partial charge in [0.1, 0.15) is 18.1 Å². The molecule has 0 aliphatic heterocycles. The molecule has 1 amide bonds. The molecule has 0 aliphatic rings. The molecule has 12 heteroatoms. The number of alkyl halides is 4. The van der Waals surface area contributed by atoms with Crippen LogP contribution < -0.4 is 5.32 Å². The first-order valence-electron chi connectivity index (χ1n) is 7.18. The minimum absolute atomic E-state index is 0.169. The molecular formula is C14H12F4N6O2. The summed E-state index contributed by atoms with van der Waals surface area (Å²) >= 11 is 0. The summed E-state index contributed by atoms with van der Waals surface area (Å²) in [5.74, 6) is -0.730. The molecule has 8 nitrogen and oxygen atoms in total. The van der Waals surface area contributed by atoms with Crippen LogP contribution in [-0.4, -0.2) is 37.4 Å². The Morgan fingerprint density at radius 1 is 1.27 bits per heavy atom. The minimum Gasteiger partial charge on any atom is -0.362 e. The Morgan fingerprint density at radius 3 is 2.69 bits per heavy atom. The number of hydrogen-bond donors (Lipinski definition) is 1. The second-order valence-corrected chi connectivity index (χ2v) is 5.15. The van der Waals surface area contributed by atoms with Crippen LogP contribution in [0.1, 0.15) is 34.7 Å². The van der Waals surface area contributed by atoms with Crippen LogP contribution in [0.2, 0.25) is 0 Å². The Labute approximate surface area is 143 Å². The Balaban J connectivity index is 1.92. The fourth-order valence-electron chi connectivity index (χ4n) is 2.22. The third-order valence-electron chi connectivity index (χ3n) is 3.31. The van der Waals surface area contributed by atoms with E-state index in [1.807, 2.05) is 0 Å². The van der Waals surface area contributed by atoms with Gasteiger partial charge in [0, 0.05) is 13.2 Å². The normalized spacial score (nSPS) is 11.7. The van der Waals surface area contributed by atoms with Gasteiger partial charge in [-0.25, -0.2) is 31.7 Å². The monoisotopic (exact) mass is 372 g/mol. The smallest absolute Gasteiger partial charge is 0.280 e. The predicted octanol–water partition coefficient (Wildman–Crippen LogP) is 2.66. The molecule has 0 saturated carbocycles. The average Bonchev–Trinajstić information content (AvgIpc) is 3.20. The number of fused-ring (bicyclic) bond motifs is 1. The van der Waals surface area contributed by atoms with Gasteiger partial charge in [-0.2, -0.15) is 10.2 Å². The van der Waals surface area contributed by atoms with E-state index in [2.05, 4.69) is 20.5 Å². The van der Waals surface area contributed by atoms with Gasteiger partial charge in [-0.1, -0.05) is 0 Å². The first kappa shape index (κ1) is 17.8. The van der Waals surface area contributed by atoms with E-state index in [1.54, 1.807) is 0 Å². The summed E-state index contributed by atoms with van der Waals surface area (Å²) in [7, 11) is 1.47.